The van der Waals surface area contributed by atoms with Crippen LogP contribution in [0.4, 0.5) is 0 Å². The minimum Gasteiger partial charge on any atom is -0.496 e. The molecule has 1 heterocycles. The summed E-state index contributed by atoms with van der Waals surface area (Å²) in [5, 5.41) is 28.1. The normalized spacial score (nSPS) is 11.3. The number of hydrogen-bond donors (Lipinski definition) is 2. The Bertz CT molecular complexity index is 1440. The van der Waals surface area contributed by atoms with Gasteiger partial charge in [0.25, 0.3) is 0 Å². The van der Waals surface area contributed by atoms with E-state index >= 15 is 0 Å². The van der Waals surface area contributed by atoms with Crippen molar-refractivity contribution in [3.8, 4) is 29.0 Å². The van der Waals surface area contributed by atoms with Crippen LogP contribution in [0.3, 0.4) is 0 Å². The number of aromatic nitrogens is 3. The molecule has 34 heavy (non-hydrogen) atoms. The summed E-state index contributed by atoms with van der Waals surface area (Å²) in [7, 11) is 1.53. The molecule has 0 amide bonds. The Morgan fingerprint density at radius 3 is 2.79 bits per heavy atom. The summed E-state index contributed by atoms with van der Waals surface area (Å²) < 4.78 is 10.9. The molecule has 4 aromatic rings. The van der Waals surface area contributed by atoms with Gasteiger partial charge in [0.1, 0.15) is 22.5 Å². The maximum Gasteiger partial charge on any atom is 0.342 e. The third-order valence-corrected chi connectivity index (χ3v) is 5.90. The van der Waals surface area contributed by atoms with Crippen LogP contribution in [0.2, 0.25) is 5.02 Å². The molecule has 10 heteroatoms. The monoisotopic (exact) mass is 492 g/mol. The number of aliphatic carboxylic acids is 1. The van der Waals surface area contributed by atoms with Crippen LogP contribution in [0, 0.1) is 11.3 Å². The average molecular weight is 493 g/mol. The van der Waals surface area contributed by atoms with Crippen molar-refractivity contribution < 1.29 is 19.4 Å². The molecule has 0 spiro atoms. The number of ether oxygens (including phenoxy) is 2. The zero-order valence-corrected chi connectivity index (χ0v) is 19.4. The average Bonchev–Trinajstić information content (AvgIpc) is 3.31. The highest BCUT2D eigenvalue weighted by Crippen LogP contribution is 2.35. The summed E-state index contributed by atoms with van der Waals surface area (Å²) >= 11 is 6.98. The van der Waals surface area contributed by atoms with Crippen molar-refractivity contribution in [3.05, 3.63) is 70.1 Å². The van der Waals surface area contributed by atoms with Crippen LogP contribution < -0.4 is 9.47 Å². The lowest BCUT2D eigenvalue weighted by molar-refractivity contribution is -0.131. The number of H-pyrrole nitrogens is 1. The van der Waals surface area contributed by atoms with Crippen molar-refractivity contribution in [1.82, 2.24) is 15.2 Å². The van der Waals surface area contributed by atoms with Gasteiger partial charge >= 0.3 is 5.97 Å². The minimum absolute atomic E-state index is 0.0261. The fourth-order valence-corrected chi connectivity index (χ4v) is 4.16. The van der Waals surface area contributed by atoms with Crippen molar-refractivity contribution in [3.63, 3.8) is 0 Å². The fraction of sp³-hybridized carbons (Fsp3) is 0.0833. The van der Waals surface area contributed by atoms with Crippen LogP contribution in [-0.4, -0.2) is 40.0 Å². The van der Waals surface area contributed by atoms with Gasteiger partial charge in [-0.25, -0.2) is 9.78 Å². The Morgan fingerprint density at radius 2 is 2.03 bits per heavy atom. The number of nitrogens with one attached hydrogen (secondary N) is 1. The number of halogens is 1. The molecule has 4 rings (SSSR count). The van der Waals surface area contributed by atoms with Gasteiger partial charge in [0.2, 0.25) is 5.16 Å². The zero-order chi connectivity index (χ0) is 24.1. The molecule has 1 aromatic heterocycles. The SMILES string of the molecule is COc1ccc(Cl)cc1-c1nc(S/C(=C\c2c(OCC#N)ccc3ccccc23)C(=O)O)n[nH]1. The molecule has 0 saturated heterocycles. The van der Waals surface area contributed by atoms with E-state index in [-0.39, 0.29) is 16.7 Å². The van der Waals surface area contributed by atoms with Gasteiger partial charge in [-0.15, -0.1) is 5.10 Å². The van der Waals surface area contributed by atoms with Gasteiger partial charge in [-0.05, 0) is 52.9 Å². The summed E-state index contributed by atoms with van der Waals surface area (Å²) in [5.74, 6) is 0.172. The summed E-state index contributed by atoms with van der Waals surface area (Å²) in [6.07, 6.45) is 1.50. The highest BCUT2D eigenvalue weighted by Gasteiger charge is 2.18. The molecule has 0 aliphatic rings. The highest BCUT2D eigenvalue weighted by molar-refractivity contribution is 8.04. The van der Waals surface area contributed by atoms with Crippen LogP contribution in [-0.2, 0) is 4.79 Å². The van der Waals surface area contributed by atoms with E-state index in [1.54, 1.807) is 24.3 Å². The summed E-state index contributed by atoms with van der Waals surface area (Å²) in [4.78, 5) is 16.5. The van der Waals surface area contributed by atoms with Gasteiger partial charge in [0, 0.05) is 10.6 Å². The van der Waals surface area contributed by atoms with Gasteiger partial charge in [-0.1, -0.05) is 41.9 Å². The molecule has 0 aliphatic heterocycles. The molecule has 170 valence electrons. The van der Waals surface area contributed by atoms with Crippen molar-refractivity contribution in [2.45, 2.75) is 5.16 Å². The number of hydrogen-bond acceptors (Lipinski definition) is 7. The lowest BCUT2D eigenvalue weighted by Gasteiger charge is -2.11. The molecule has 0 fully saturated rings. The lowest BCUT2D eigenvalue weighted by atomic mass is 10.0. The minimum atomic E-state index is -1.16. The largest absolute Gasteiger partial charge is 0.496 e. The number of rotatable bonds is 8. The molecule has 0 atom stereocenters. The summed E-state index contributed by atoms with van der Waals surface area (Å²) in [5.41, 5.74) is 1.14. The van der Waals surface area contributed by atoms with E-state index in [2.05, 4.69) is 15.2 Å². The first kappa shape index (κ1) is 23.2. The third kappa shape index (κ3) is 4.98. The lowest BCUT2D eigenvalue weighted by Crippen LogP contribution is -2.00. The van der Waals surface area contributed by atoms with Gasteiger partial charge < -0.3 is 14.6 Å². The molecule has 2 N–H and O–H groups in total. The van der Waals surface area contributed by atoms with Crippen LogP contribution in [0.25, 0.3) is 28.2 Å². The first-order valence-corrected chi connectivity index (χ1v) is 11.1. The predicted molar refractivity (Wildman–Crippen MR) is 130 cm³/mol. The number of carbonyl (C=O) groups is 1. The highest BCUT2D eigenvalue weighted by atomic mass is 35.5. The number of fused-ring (bicyclic) bond motifs is 1. The second kappa shape index (κ2) is 10.3. The zero-order valence-electron chi connectivity index (χ0n) is 17.8. The second-order valence-corrected chi connectivity index (χ2v) is 8.32. The third-order valence-electron chi connectivity index (χ3n) is 4.79. The van der Waals surface area contributed by atoms with Gasteiger partial charge in [0.15, 0.2) is 12.4 Å². The molecular weight excluding hydrogens is 476 g/mol. The van der Waals surface area contributed by atoms with E-state index in [0.29, 0.717) is 33.5 Å². The number of benzene rings is 3. The van der Waals surface area contributed by atoms with Gasteiger partial charge in [-0.3, -0.25) is 5.10 Å². The van der Waals surface area contributed by atoms with Crippen molar-refractivity contribution >= 4 is 46.2 Å². The topological polar surface area (TPSA) is 121 Å². The fourth-order valence-electron chi connectivity index (χ4n) is 3.30. The van der Waals surface area contributed by atoms with Crippen molar-refractivity contribution in [2.75, 3.05) is 13.7 Å². The van der Waals surface area contributed by atoms with Crippen LogP contribution in [0.5, 0.6) is 11.5 Å². The Kier molecular flexibility index (Phi) is 7.01. The van der Waals surface area contributed by atoms with E-state index in [4.69, 9.17) is 26.3 Å². The summed E-state index contributed by atoms with van der Waals surface area (Å²) in [6, 6.07) is 18.1. The Morgan fingerprint density at radius 1 is 1.24 bits per heavy atom. The van der Waals surface area contributed by atoms with Crippen molar-refractivity contribution in [2.24, 2.45) is 0 Å². The maximum atomic E-state index is 12.1. The number of thioether (sulfide) groups is 1. The Labute approximate surface area is 203 Å². The van der Waals surface area contributed by atoms with E-state index < -0.39 is 5.97 Å². The number of nitrogens with zero attached hydrogens (tertiary/aromatic N) is 3. The Hall–Kier alpha value is -4.00. The molecule has 0 aliphatic carbocycles. The second-order valence-electron chi connectivity index (χ2n) is 6.87. The molecule has 8 nitrogen and oxygen atoms in total. The maximum absolute atomic E-state index is 12.1. The Balaban J connectivity index is 1.73. The van der Waals surface area contributed by atoms with E-state index in [1.807, 2.05) is 36.4 Å². The quantitative estimate of drug-likeness (QED) is 0.247. The van der Waals surface area contributed by atoms with Crippen LogP contribution in [0.1, 0.15) is 5.56 Å². The molecule has 3 aromatic carbocycles. The predicted octanol–water partition coefficient (Wildman–Crippen LogP) is 5.41. The standard InChI is InChI=1S/C24H17ClN4O4S/c1-32-19-9-7-15(25)12-18(19)22-27-24(29-28-22)34-21(23(30)31)13-17-16-5-3-2-4-14(16)6-8-20(17)33-11-10-26/h2-9,12-13H,11H2,1H3,(H,30,31)(H,27,28,29)/b21-13-. The molecule has 0 radical (unpaired) electrons. The number of nitriles is 1. The van der Waals surface area contributed by atoms with E-state index in [9.17, 15) is 9.90 Å². The van der Waals surface area contributed by atoms with E-state index in [0.717, 1.165) is 22.5 Å². The molecule has 0 unspecified atom stereocenters. The van der Waals surface area contributed by atoms with E-state index in [1.165, 1.54) is 13.2 Å². The molecular formula is C24H17ClN4O4S. The smallest absolute Gasteiger partial charge is 0.342 e. The number of methoxy groups -OCH3 is 1. The van der Waals surface area contributed by atoms with Crippen molar-refractivity contribution in [1.29, 1.82) is 5.26 Å². The van der Waals surface area contributed by atoms with Gasteiger partial charge in [0.05, 0.1) is 12.7 Å². The summed E-state index contributed by atoms with van der Waals surface area (Å²) in [6.45, 7) is -0.166. The first-order valence-electron chi connectivity index (χ1n) is 9.91. The molecule has 0 bridgehead atoms. The molecule has 0 saturated carbocycles. The number of carboxylic acid groups (broad SMARTS) is 1. The number of aromatic amines is 1. The van der Waals surface area contributed by atoms with Crippen LogP contribution in [0.15, 0.2) is 64.7 Å². The van der Waals surface area contributed by atoms with Gasteiger partial charge in [-0.2, -0.15) is 5.26 Å². The number of carboxylic acids is 1. The van der Waals surface area contributed by atoms with Crippen LogP contribution >= 0.6 is 23.4 Å². The first-order chi connectivity index (χ1) is 16.5.